The number of para-hydroxylation sites is 1. The van der Waals surface area contributed by atoms with Crippen LogP contribution in [0, 0.1) is 11.8 Å². The van der Waals surface area contributed by atoms with Crippen LogP contribution in [-0.2, 0) is 4.79 Å². The molecule has 1 atom stereocenters. The number of likely N-dealkylation sites (tertiary alicyclic amines) is 1. The average molecular weight is 421 g/mol. The molecule has 0 saturated carbocycles. The van der Waals surface area contributed by atoms with Gasteiger partial charge in [-0.1, -0.05) is 37.6 Å². The molecule has 3 rings (SSSR count). The molecule has 150 valence electrons. The largest absolute Gasteiger partial charge is 0.356 e. The Morgan fingerprint density at radius 1 is 1.36 bits per heavy atom. The van der Waals surface area contributed by atoms with E-state index in [1.807, 2.05) is 18.2 Å². The fourth-order valence-corrected chi connectivity index (χ4v) is 3.97. The lowest BCUT2D eigenvalue weighted by atomic mass is 9.96. The summed E-state index contributed by atoms with van der Waals surface area (Å²) in [6.07, 6.45) is 1.63. The first-order valence-corrected chi connectivity index (χ1v) is 10.7. The molecule has 0 unspecified atom stereocenters. The third-order valence-electron chi connectivity index (χ3n) is 4.60. The summed E-state index contributed by atoms with van der Waals surface area (Å²) in [5.41, 5.74) is 1.14. The normalized spacial score (nSPS) is 16.9. The minimum absolute atomic E-state index is 0.0329. The number of carbonyl (C=O) groups is 2. The van der Waals surface area contributed by atoms with Gasteiger partial charge in [-0.25, -0.2) is 4.98 Å². The molecular formula is C20H25ClN4O2S. The van der Waals surface area contributed by atoms with E-state index in [0.717, 1.165) is 18.5 Å². The van der Waals surface area contributed by atoms with Gasteiger partial charge in [0.1, 0.15) is 5.69 Å². The molecule has 2 N–H and O–H groups in total. The molecule has 2 heterocycles. The van der Waals surface area contributed by atoms with E-state index in [1.54, 1.807) is 16.3 Å². The van der Waals surface area contributed by atoms with Crippen molar-refractivity contribution in [3.8, 4) is 0 Å². The number of hydrogen-bond acceptors (Lipinski definition) is 5. The van der Waals surface area contributed by atoms with Crippen LogP contribution in [-0.4, -0.2) is 41.3 Å². The Morgan fingerprint density at radius 2 is 2.14 bits per heavy atom. The van der Waals surface area contributed by atoms with Crippen molar-refractivity contribution in [3.05, 3.63) is 40.4 Å². The first-order valence-electron chi connectivity index (χ1n) is 9.48. The van der Waals surface area contributed by atoms with Gasteiger partial charge in [0.2, 0.25) is 5.91 Å². The Balaban J connectivity index is 1.61. The molecular weight excluding hydrogens is 396 g/mol. The number of halogens is 1. The van der Waals surface area contributed by atoms with Gasteiger partial charge < -0.3 is 15.5 Å². The number of benzene rings is 1. The number of rotatable bonds is 6. The van der Waals surface area contributed by atoms with Crippen molar-refractivity contribution in [1.29, 1.82) is 0 Å². The Kier molecular flexibility index (Phi) is 6.91. The molecule has 1 fully saturated rings. The maximum absolute atomic E-state index is 12.9. The summed E-state index contributed by atoms with van der Waals surface area (Å²) >= 11 is 7.51. The van der Waals surface area contributed by atoms with Gasteiger partial charge >= 0.3 is 0 Å². The maximum Gasteiger partial charge on any atom is 0.273 e. The molecule has 1 saturated heterocycles. The molecule has 28 heavy (non-hydrogen) atoms. The van der Waals surface area contributed by atoms with Gasteiger partial charge in [0, 0.05) is 25.0 Å². The zero-order chi connectivity index (χ0) is 20.1. The van der Waals surface area contributed by atoms with E-state index < -0.39 is 0 Å². The molecule has 1 aliphatic heterocycles. The van der Waals surface area contributed by atoms with Gasteiger partial charge in [-0.3, -0.25) is 9.59 Å². The maximum atomic E-state index is 12.9. The van der Waals surface area contributed by atoms with Crippen molar-refractivity contribution in [2.45, 2.75) is 26.7 Å². The lowest BCUT2D eigenvalue weighted by Gasteiger charge is -2.31. The van der Waals surface area contributed by atoms with Gasteiger partial charge in [0.25, 0.3) is 5.91 Å². The lowest BCUT2D eigenvalue weighted by Crippen LogP contribution is -2.46. The van der Waals surface area contributed by atoms with E-state index in [1.165, 1.54) is 11.3 Å². The van der Waals surface area contributed by atoms with Crippen LogP contribution in [0.25, 0.3) is 0 Å². The van der Waals surface area contributed by atoms with E-state index in [9.17, 15) is 9.59 Å². The lowest BCUT2D eigenvalue weighted by molar-refractivity contribution is -0.126. The van der Waals surface area contributed by atoms with Gasteiger partial charge in [0.15, 0.2) is 5.13 Å². The second-order valence-electron chi connectivity index (χ2n) is 7.37. The molecule has 0 bridgehead atoms. The van der Waals surface area contributed by atoms with Crippen LogP contribution in [0.2, 0.25) is 5.02 Å². The van der Waals surface area contributed by atoms with Crippen molar-refractivity contribution in [2.75, 3.05) is 25.0 Å². The smallest absolute Gasteiger partial charge is 0.273 e. The monoisotopic (exact) mass is 420 g/mol. The SMILES string of the molecule is CC(C)CNC(=O)[C@@H]1CCCN(C(=O)c2csc(Nc3ccccc3Cl)n2)C1. The predicted molar refractivity (Wildman–Crippen MR) is 113 cm³/mol. The first kappa shape index (κ1) is 20.6. The number of thiazole rings is 1. The molecule has 6 nitrogen and oxygen atoms in total. The zero-order valence-corrected chi connectivity index (χ0v) is 17.6. The summed E-state index contributed by atoms with van der Waals surface area (Å²) in [6, 6.07) is 7.39. The van der Waals surface area contributed by atoms with Crippen molar-refractivity contribution in [3.63, 3.8) is 0 Å². The molecule has 8 heteroatoms. The Bertz CT molecular complexity index is 839. The molecule has 1 aromatic carbocycles. The summed E-state index contributed by atoms with van der Waals surface area (Å²) in [4.78, 5) is 31.4. The second kappa shape index (κ2) is 9.39. The number of amides is 2. The van der Waals surface area contributed by atoms with E-state index >= 15 is 0 Å². The second-order valence-corrected chi connectivity index (χ2v) is 8.64. The third-order valence-corrected chi connectivity index (χ3v) is 5.69. The summed E-state index contributed by atoms with van der Waals surface area (Å²) in [5.74, 6) is 0.149. The van der Waals surface area contributed by atoms with E-state index in [0.29, 0.717) is 41.4 Å². The highest BCUT2D eigenvalue weighted by Gasteiger charge is 2.29. The van der Waals surface area contributed by atoms with Gasteiger partial charge in [-0.15, -0.1) is 11.3 Å². The molecule has 0 aliphatic carbocycles. The number of nitrogens with one attached hydrogen (secondary N) is 2. The summed E-state index contributed by atoms with van der Waals surface area (Å²) < 4.78 is 0. The molecule has 2 amide bonds. The van der Waals surface area contributed by atoms with Crippen LogP contribution >= 0.6 is 22.9 Å². The van der Waals surface area contributed by atoms with Crippen molar-refractivity contribution < 1.29 is 9.59 Å². The van der Waals surface area contributed by atoms with Crippen LogP contribution in [0.1, 0.15) is 37.2 Å². The van der Waals surface area contributed by atoms with Crippen LogP contribution in [0.5, 0.6) is 0 Å². The Labute approximate surface area is 174 Å². The third kappa shape index (κ3) is 5.23. The standard InChI is InChI=1S/C20H25ClN4O2S/c1-13(2)10-22-18(26)14-6-5-9-25(11-14)19(27)17-12-28-20(24-17)23-16-8-4-3-7-15(16)21/h3-4,7-8,12-14H,5-6,9-11H2,1-2H3,(H,22,26)(H,23,24)/t14-/m1/s1. The molecule has 0 spiro atoms. The van der Waals surface area contributed by atoms with Crippen molar-refractivity contribution in [1.82, 2.24) is 15.2 Å². The fourth-order valence-electron chi connectivity index (χ4n) is 3.09. The van der Waals surface area contributed by atoms with Gasteiger partial charge in [0.05, 0.1) is 16.6 Å². The van der Waals surface area contributed by atoms with Crippen LogP contribution in [0.3, 0.4) is 0 Å². The first-order chi connectivity index (χ1) is 13.4. The highest BCUT2D eigenvalue weighted by atomic mass is 35.5. The van der Waals surface area contributed by atoms with E-state index in [-0.39, 0.29) is 17.7 Å². The molecule has 1 aliphatic rings. The number of piperidine rings is 1. The summed E-state index contributed by atoms with van der Waals surface area (Å²) in [6.45, 7) is 5.87. The Morgan fingerprint density at radius 3 is 2.89 bits per heavy atom. The van der Waals surface area contributed by atoms with Gasteiger partial charge in [-0.2, -0.15) is 0 Å². The fraction of sp³-hybridized carbons (Fsp3) is 0.450. The topological polar surface area (TPSA) is 74.3 Å². The van der Waals surface area contributed by atoms with Gasteiger partial charge in [-0.05, 0) is 30.9 Å². The van der Waals surface area contributed by atoms with Crippen LogP contribution in [0.4, 0.5) is 10.8 Å². The summed E-state index contributed by atoms with van der Waals surface area (Å²) in [5, 5.41) is 9.07. The highest BCUT2D eigenvalue weighted by Crippen LogP contribution is 2.27. The number of anilines is 2. The predicted octanol–water partition coefficient (Wildman–Crippen LogP) is 4.16. The molecule has 2 aromatic rings. The number of hydrogen-bond donors (Lipinski definition) is 2. The highest BCUT2D eigenvalue weighted by molar-refractivity contribution is 7.14. The Hall–Kier alpha value is -2.12. The van der Waals surface area contributed by atoms with E-state index in [4.69, 9.17) is 11.6 Å². The minimum atomic E-state index is -0.157. The molecule has 0 radical (unpaired) electrons. The van der Waals surface area contributed by atoms with E-state index in [2.05, 4.69) is 29.5 Å². The summed E-state index contributed by atoms with van der Waals surface area (Å²) in [7, 11) is 0. The quantitative estimate of drug-likeness (QED) is 0.735. The van der Waals surface area contributed by atoms with Crippen LogP contribution < -0.4 is 10.6 Å². The number of nitrogens with zero attached hydrogens (tertiary/aromatic N) is 2. The molecule has 1 aromatic heterocycles. The minimum Gasteiger partial charge on any atom is -0.356 e. The van der Waals surface area contributed by atoms with Crippen LogP contribution in [0.15, 0.2) is 29.6 Å². The average Bonchev–Trinajstić information content (AvgIpc) is 3.16. The van der Waals surface area contributed by atoms with Crippen molar-refractivity contribution >= 4 is 45.6 Å². The number of aromatic nitrogens is 1. The zero-order valence-electron chi connectivity index (χ0n) is 16.1. The number of carbonyl (C=O) groups excluding carboxylic acids is 2. The van der Waals surface area contributed by atoms with Crippen molar-refractivity contribution in [2.24, 2.45) is 11.8 Å².